The van der Waals surface area contributed by atoms with E-state index in [2.05, 4.69) is 20.2 Å². The highest BCUT2D eigenvalue weighted by molar-refractivity contribution is 7.98. The minimum Gasteiger partial charge on any atom is -0.284 e. The number of H-pyrrole nitrogens is 1. The lowest BCUT2D eigenvalue weighted by atomic mass is 10.4. The van der Waals surface area contributed by atoms with Gasteiger partial charge in [0, 0.05) is 11.8 Å². The molecule has 4 nitrogen and oxygen atoms in total. The van der Waals surface area contributed by atoms with Crippen LogP contribution in [0.3, 0.4) is 0 Å². The first kappa shape index (κ1) is 10.3. The molecular weight excluding hydrogens is 208 g/mol. The molecule has 0 amide bonds. The summed E-state index contributed by atoms with van der Waals surface area (Å²) >= 11 is 7.30. The van der Waals surface area contributed by atoms with Crippen molar-refractivity contribution in [1.29, 1.82) is 0 Å². The second kappa shape index (κ2) is 5.04. The van der Waals surface area contributed by atoms with E-state index >= 15 is 0 Å². The third kappa shape index (κ3) is 3.20. The minimum atomic E-state index is 0.422. The number of hydrogen-bond donors (Lipinski definition) is 1. The monoisotopic (exact) mass is 216 g/mol. The molecule has 0 unspecified atom stereocenters. The Morgan fingerprint density at radius 1 is 1.54 bits per heavy atom. The van der Waals surface area contributed by atoms with E-state index < -0.39 is 0 Å². The van der Waals surface area contributed by atoms with Gasteiger partial charge in [0.1, 0.15) is 11.5 Å². The van der Waals surface area contributed by atoms with Gasteiger partial charge in [-0.2, -0.15) is 5.10 Å². The lowest BCUT2D eigenvalue weighted by Crippen LogP contribution is -1.80. The maximum atomic E-state index is 5.88. The Morgan fingerprint density at radius 3 is 3.00 bits per heavy atom. The van der Waals surface area contributed by atoms with Gasteiger partial charge in [-0.3, -0.25) is 5.10 Å². The molecule has 0 aliphatic rings. The topological polar surface area (TPSA) is 54.5 Å². The fourth-order valence-corrected chi connectivity index (χ4v) is 1.12. The summed E-state index contributed by atoms with van der Waals surface area (Å²) in [6, 6.07) is 0. The molecule has 0 aromatic carbocycles. The Kier molecular flexibility index (Phi) is 3.98. The zero-order valence-electron chi connectivity index (χ0n) is 7.28. The highest BCUT2D eigenvalue weighted by Crippen LogP contribution is 2.11. The lowest BCUT2D eigenvalue weighted by molar-refractivity contribution is 0.939. The van der Waals surface area contributed by atoms with Crippen LogP contribution in [0, 0.1) is 6.92 Å². The number of nitrogens with one attached hydrogen (secondary N) is 1. The maximum Gasteiger partial charge on any atom is 0.190 e. The zero-order chi connectivity index (χ0) is 9.68. The zero-order valence-corrected chi connectivity index (χ0v) is 8.85. The smallest absolute Gasteiger partial charge is 0.190 e. The number of halogens is 1. The molecule has 0 aliphatic heterocycles. The molecule has 1 heterocycles. The largest absolute Gasteiger partial charge is 0.284 e. The van der Waals surface area contributed by atoms with E-state index in [1.165, 1.54) is 18.1 Å². The summed E-state index contributed by atoms with van der Waals surface area (Å²) in [4.78, 5) is 8.06. The minimum absolute atomic E-state index is 0.422. The first-order chi connectivity index (χ1) is 6.24. The molecule has 6 heteroatoms. The number of aryl methyl sites for hydroxylation is 1. The van der Waals surface area contributed by atoms with Gasteiger partial charge in [0.25, 0.3) is 0 Å². The first-order valence-electron chi connectivity index (χ1n) is 3.54. The summed E-state index contributed by atoms with van der Waals surface area (Å²) in [5.74, 6) is 0. The second-order valence-electron chi connectivity index (χ2n) is 2.22. The molecule has 1 N–H and O–H groups in total. The van der Waals surface area contributed by atoms with Crippen molar-refractivity contribution in [3.8, 4) is 0 Å². The van der Waals surface area contributed by atoms with Crippen molar-refractivity contribution in [1.82, 2.24) is 20.2 Å². The van der Waals surface area contributed by atoms with Gasteiger partial charge >= 0.3 is 0 Å². The van der Waals surface area contributed by atoms with Gasteiger partial charge in [0.15, 0.2) is 5.16 Å². The van der Waals surface area contributed by atoms with Crippen molar-refractivity contribution in [2.75, 3.05) is 6.26 Å². The van der Waals surface area contributed by atoms with Gasteiger partial charge in [0.2, 0.25) is 0 Å². The van der Waals surface area contributed by atoms with Gasteiger partial charge < -0.3 is 0 Å². The number of aromatic amines is 1. The van der Waals surface area contributed by atoms with E-state index in [9.17, 15) is 0 Å². The second-order valence-corrected chi connectivity index (χ2v) is 3.35. The molecule has 0 fully saturated rings. The molecule has 1 aromatic heterocycles. The van der Waals surface area contributed by atoms with Gasteiger partial charge in [-0.05, 0) is 13.2 Å². The molecule has 0 spiro atoms. The summed E-state index contributed by atoms with van der Waals surface area (Å²) in [6.45, 7) is 1.84. The molecular formula is C7H9ClN4S. The van der Waals surface area contributed by atoms with Crippen LogP contribution in [-0.4, -0.2) is 26.4 Å². The van der Waals surface area contributed by atoms with Crippen molar-refractivity contribution in [2.45, 2.75) is 12.1 Å². The molecule has 0 aliphatic carbocycles. The molecule has 0 bridgehead atoms. The van der Waals surface area contributed by atoms with Crippen LogP contribution < -0.4 is 0 Å². The van der Waals surface area contributed by atoms with E-state index in [0.717, 1.165) is 5.56 Å². The average Bonchev–Trinajstić information content (AvgIpc) is 2.20. The van der Waals surface area contributed by atoms with Gasteiger partial charge in [-0.15, -0.1) is 0 Å². The Bertz CT molecular complexity index is 337. The van der Waals surface area contributed by atoms with E-state index in [4.69, 9.17) is 11.6 Å². The predicted molar refractivity (Wildman–Crippen MR) is 53.3 cm³/mol. The molecule has 0 saturated heterocycles. The number of hydrogen-bond acceptors (Lipinski definition) is 4. The highest BCUT2D eigenvalue weighted by Gasteiger charge is 1.94. The standard InChI is InChI=1S/C7H9ClN4S/c1-5-3-10-11-4-9-7(13-2)12-6(5)8/h3-4,10H,1-2H3. The van der Waals surface area contributed by atoms with Crippen LogP contribution in [0.4, 0.5) is 0 Å². The first-order valence-corrected chi connectivity index (χ1v) is 5.14. The van der Waals surface area contributed by atoms with Crippen molar-refractivity contribution in [2.24, 2.45) is 0 Å². The fraction of sp³-hybridized carbons (Fsp3) is 0.286. The van der Waals surface area contributed by atoms with Crippen molar-refractivity contribution in [3.63, 3.8) is 0 Å². The van der Waals surface area contributed by atoms with Gasteiger partial charge in [0.05, 0.1) is 0 Å². The van der Waals surface area contributed by atoms with Crippen molar-refractivity contribution >= 4 is 23.4 Å². The number of aromatic nitrogens is 4. The van der Waals surface area contributed by atoms with Crippen molar-refractivity contribution in [3.05, 3.63) is 23.2 Å². The third-order valence-corrected chi connectivity index (χ3v) is 2.23. The van der Waals surface area contributed by atoms with Crippen LogP contribution in [0.5, 0.6) is 0 Å². The van der Waals surface area contributed by atoms with Crippen LogP contribution in [0.25, 0.3) is 0 Å². The molecule has 1 rings (SSSR count). The predicted octanol–water partition coefficient (Wildman–Crippen LogP) is 2.01. The fourth-order valence-electron chi connectivity index (χ4n) is 0.605. The molecule has 0 radical (unpaired) electrons. The Labute approximate surface area is 85.5 Å². The summed E-state index contributed by atoms with van der Waals surface area (Å²) in [6.07, 6.45) is 4.94. The summed E-state index contributed by atoms with van der Waals surface area (Å²) < 4.78 is 0. The summed E-state index contributed by atoms with van der Waals surface area (Å²) in [5.41, 5.74) is 0.822. The van der Waals surface area contributed by atoms with Crippen LogP contribution >= 0.6 is 23.4 Å². The lowest BCUT2D eigenvalue weighted by Gasteiger charge is -1.90. The van der Waals surface area contributed by atoms with Crippen molar-refractivity contribution < 1.29 is 0 Å². The van der Waals surface area contributed by atoms with Gasteiger partial charge in [-0.1, -0.05) is 23.4 Å². The number of thioether (sulfide) groups is 1. The molecule has 0 saturated carbocycles. The molecule has 13 heavy (non-hydrogen) atoms. The average molecular weight is 217 g/mol. The normalized spacial score (nSPS) is 9.46. The maximum absolute atomic E-state index is 5.88. The molecule has 0 atom stereocenters. The van der Waals surface area contributed by atoms with E-state index in [1.54, 1.807) is 6.20 Å². The Morgan fingerprint density at radius 2 is 2.31 bits per heavy atom. The number of rotatable bonds is 1. The highest BCUT2D eigenvalue weighted by atomic mass is 35.5. The summed E-state index contributed by atoms with van der Waals surface area (Å²) in [7, 11) is 0. The van der Waals surface area contributed by atoms with Crippen LogP contribution in [-0.2, 0) is 0 Å². The van der Waals surface area contributed by atoms with E-state index in [1.807, 2.05) is 13.2 Å². The quantitative estimate of drug-likeness (QED) is 0.730. The SMILES string of the molecule is CSc1ncn[nH]cc(C)c(Cl)n1. The van der Waals surface area contributed by atoms with Crippen LogP contribution in [0.15, 0.2) is 17.7 Å². The Hall–Kier alpha value is -0.810. The summed E-state index contributed by atoms with van der Waals surface area (Å²) in [5, 5.41) is 7.48. The van der Waals surface area contributed by atoms with Gasteiger partial charge in [-0.25, -0.2) is 9.97 Å². The molecule has 70 valence electrons. The molecule has 1 aromatic rings. The number of nitrogens with zero attached hydrogens (tertiary/aromatic N) is 3. The van der Waals surface area contributed by atoms with E-state index in [-0.39, 0.29) is 0 Å². The van der Waals surface area contributed by atoms with E-state index in [0.29, 0.717) is 10.3 Å². The van der Waals surface area contributed by atoms with Crippen LogP contribution in [0.2, 0.25) is 5.15 Å². The third-order valence-electron chi connectivity index (χ3n) is 1.28. The Balaban J connectivity index is 3.34. The van der Waals surface area contributed by atoms with Crippen LogP contribution in [0.1, 0.15) is 5.56 Å².